The number of aliphatic imine (C=N–C) groups is 2. The average Bonchev–Trinajstić information content (AvgIpc) is 3.27. The van der Waals surface area contributed by atoms with Crippen LogP contribution in [-0.2, 0) is 43.2 Å². The molecule has 0 aliphatic carbocycles. The maximum absolute atomic E-state index is 14.2. The fraction of sp³-hybridized carbons (Fsp3) is 0.744. The van der Waals surface area contributed by atoms with E-state index in [1.807, 2.05) is 0 Å². The molecule has 0 rings (SSSR count). The predicted octanol–water partition coefficient (Wildman–Crippen LogP) is -4.37. The molecule has 0 aromatic rings. The van der Waals surface area contributed by atoms with Gasteiger partial charge in [-0.2, -0.15) is 0 Å². The Morgan fingerprint density at radius 3 is 1.34 bits per heavy atom. The van der Waals surface area contributed by atoms with E-state index in [1.165, 1.54) is 20.8 Å². The number of aliphatic hydroxyl groups is 1. The lowest BCUT2D eigenvalue weighted by molar-refractivity contribution is -0.144. The Labute approximate surface area is 409 Å². The predicted molar refractivity (Wildman–Crippen MR) is 260 cm³/mol. The van der Waals surface area contributed by atoms with Crippen LogP contribution < -0.4 is 71.6 Å². The van der Waals surface area contributed by atoms with Crippen molar-refractivity contribution in [2.45, 2.75) is 167 Å². The number of aliphatic carboxylic acids is 2. The van der Waals surface area contributed by atoms with Crippen LogP contribution in [0.1, 0.15) is 113 Å². The van der Waals surface area contributed by atoms with Gasteiger partial charge in [-0.05, 0) is 82.6 Å². The van der Waals surface area contributed by atoms with Crippen molar-refractivity contribution >= 4 is 65.2 Å². The fourth-order valence-corrected chi connectivity index (χ4v) is 6.68. The van der Waals surface area contributed by atoms with E-state index < -0.39 is 138 Å². The third-order valence-corrected chi connectivity index (χ3v) is 11.1. The fourth-order valence-electron chi connectivity index (χ4n) is 6.68. The molecule has 27 heteroatoms. The summed E-state index contributed by atoms with van der Waals surface area (Å²) < 4.78 is 0. The monoisotopic (exact) mass is 1000 g/mol. The minimum atomic E-state index is -1.72. The molecule has 70 heavy (non-hydrogen) atoms. The highest BCUT2D eigenvalue weighted by Gasteiger charge is 2.37. The number of nitrogens with one attached hydrogen (secondary N) is 7. The molecule has 0 aliphatic heterocycles. The quantitative estimate of drug-likeness (QED) is 0.0162. The lowest BCUT2D eigenvalue weighted by atomic mass is 9.96. The Kier molecular flexibility index (Phi) is 30.2. The van der Waals surface area contributed by atoms with Gasteiger partial charge in [-0.1, -0.05) is 48.0 Å². The second kappa shape index (κ2) is 33.2. The Hall–Kier alpha value is -6.35. The molecule has 0 spiro atoms. The van der Waals surface area contributed by atoms with E-state index in [-0.39, 0.29) is 57.2 Å². The molecule has 27 nitrogen and oxygen atoms in total. The first kappa shape index (κ1) is 63.6. The first-order valence-electron chi connectivity index (χ1n) is 23.5. The molecule has 0 saturated heterocycles. The van der Waals surface area contributed by atoms with Gasteiger partial charge in [0.1, 0.15) is 42.3 Å². The van der Waals surface area contributed by atoms with E-state index in [4.69, 9.17) is 39.5 Å². The second-order valence-electron chi connectivity index (χ2n) is 17.8. The number of rotatable bonds is 35. The molecule has 7 amide bonds. The molecule has 0 heterocycles. The first-order valence-corrected chi connectivity index (χ1v) is 23.5. The maximum Gasteiger partial charge on any atom is 0.326 e. The third-order valence-electron chi connectivity index (χ3n) is 11.1. The zero-order chi connectivity index (χ0) is 53.8. The zero-order valence-electron chi connectivity index (χ0n) is 41.5. The van der Waals surface area contributed by atoms with Gasteiger partial charge in [0.25, 0.3) is 0 Å². The van der Waals surface area contributed by atoms with Crippen LogP contribution in [0.3, 0.4) is 0 Å². The number of nitrogens with zero attached hydrogens (tertiary/aromatic N) is 2. The molecule has 0 bridgehead atoms. The average molecular weight is 1000 g/mol. The molecular formula is C43H81N15O12. The number of amides is 7. The van der Waals surface area contributed by atoms with Gasteiger partial charge in [0.05, 0.1) is 12.1 Å². The zero-order valence-corrected chi connectivity index (χ0v) is 41.5. The van der Waals surface area contributed by atoms with Crippen LogP contribution in [-0.4, -0.2) is 155 Å². The highest BCUT2D eigenvalue weighted by atomic mass is 16.4. The molecule has 0 aromatic carbocycles. The number of hydrogen-bond acceptors (Lipinski definition) is 14. The minimum absolute atomic E-state index is 0.0417. The van der Waals surface area contributed by atoms with E-state index in [2.05, 4.69) is 47.2 Å². The van der Waals surface area contributed by atoms with Crippen molar-refractivity contribution in [3.63, 3.8) is 0 Å². The summed E-state index contributed by atoms with van der Waals surface area (Å²) >= 11 is 0. The van der Waals surface area contributed by atoms with Gasteiger partial charge < -0.3 is 86.9 Å². The van der Waals surface area contributed by atoms with Crippen LogP contribution in [0, 0.1) is 17.8 Å². The van der Waals surface area contributed by atoms with Gasteiger partial charge in [0.15, 0.2) is 11.9 Å². The minimum Gasteiger partial charge on any atom is -0.481 e. The van der Waals surface area contributed by atoms with Crippen LogP contribution >= 0.6 is 0 Å². The van der Waals surface area contributed by atoms with Crippen LogP contribution in [0.2, 0.25) is 0 Å². The first-order chi connectivity index (χ1) is 32.7. The Bertz CT molecular complexity index is 1790. The van der Waals surface area contributed by atoms with Crippen molar-refractivity contribution in [2.75, 3.05) is 19.6 Å². The molecule has 0 saturated carbocycles. The van der Waals surface area contributed by atoms with Crippen molar-refractivity contribution in [3.8, 4) is 0 Å². The molecule has 10 atom stereocenters. The largest absolute Gasteiger partial charge is 0.481 e. The topological polar surface area (TPSA) is 479 Å². The molecule has 0 aromatic heterocycles. The standard InChI is InChI=1S/C43H81N15O12/c1-8-23(6)32(39(67)58-33(24(7)59)40(68)56-31(22(4)5)38(66)54-28(41(69)70)16-17-29(60)61)57-36(64)27(15-12-20-51-43(48)49)52-35(63)26(14-9-10-18-44)53-37(65)30(21(2)3)55-34(62)25(45)13-11-19-50-42(46)47/h21-28,30-33,59H,8-20,44-45H2,1-7H3,(H,52,63)(H,53,65)(H,54,66)(H,55,62)(H,56,68)(H,57,64)(H,58,67)(H,60,61)(H,69,70)(H4,46,47,50)(H4,48,49,51)/t23-,24+,25-,26-,27-,28-,30-,31-,32-,33-/m0/s1. The van der Waals surface area contributed by atoms with Gasteiger partial charge in [-0.25, -0.2) is 4.79 Å². The number of carboxylic acid groups (broad SMARTS) is 2. The van der Waals surface area contributed by atoms with E-state index in [9.17, 15) is 53.4 Å². The molecule has 0 unspecified atom stereocenters. The summed E-state index contributed by atoms with van der Waals surface area (Å²) in [6.45, 7) is 11.5. The smallest absolute Gasteiger partial charge is 0.326 e. The summed E-state index contributed by atoms with van der Waals surface area (Å²) in [6, 6.07) is -10.8. The SMILES string of the molecule is CC[C@H](C)[C@H](NC(=O)[C@H](CCCN=C(N)N)NC(=O)[C@H](CCCCN)NC(=O)[C@@H](NC(=O)[C@@H](N)CCCN=C(N)N)C(C)C)C(=O)N[C@H](C(=O)N[C@H](C(=O)N[C@@H](CCC(=O)O)C(=O)O)C(C)C)[C@@H](C)O. The lowest BCUT2D eigenvalue weighted by Gasteiger charge is -2.31. The summed E-state index contributed by atoms with van der Waals surface area (Å²) in [4.78, 5) is 127. The van der Waals surface area contributed by atoms with Crippen molar-refractivity contribution < 1.29 is 58.5 Å². The highest BCUT2D eigenvalue weighted by Crippen LogP contribution is 2.13. The molecule has 0 radical (unpaired) electrons. The van der Waals surface area contributed by atoms with Crippen LogP contribution in [0.4, 0.5) is 0 Å². The Balaban J connectivity index is 6.62. The number of unbranched alkanes of at least 4 members (excludes halogenated alkanes) is 1. The summed E-state index contributed by atoms with van der Waals surface area (Å²) in [6.07, 6.45) is -0.691. The molecule has 0 aliphatic rings. The highest BCUT2D eigenvalue weighted by molar-refractivity contribution is 5.98. The molecular weight excluding hydrogens is 919 g/mol. The van der Waals surface area contributed by atoms with Crippen LogP contribution in [0.5, 0.6) is 0 Å². The van der Waals surface area contributed by atoms with Crippen molar-refractivity contribution in [1.29, 1.82) is 0 Å². The second-order valence-corrected chi connectivity index (χ2v) is 17.8. The number of carbonyl (C=O) groups excluding carboxylic acids is 7. The van der Waals surface area contributed by atoms with E-state index >= 15 is 0 Å². The third kappa shape index (κ3) is 24.8. The number of nitrogens with two attached hydrogens (primary N) is 6. The van der Waals surface area contributed by atoms with Crippen molar-refractivity contribution in [1.82, 2.24) is 37.2 Å². The van der Waals surface area contributed by atoms with Crippen LogP contribution in [0.15, 0.2) is 9.98 Å². The summed E-state index contributed by atoms with van der Waals surface area (Å²) in [5.41, 5.74) is 33.5. The summed E-state index contributed by atoms with van der Waals surface area (Å²) in [7, 11) is 0. The number of carboxylic acids is 2. The van der Waals surface area contributed by atoms with E-state index in [0.29, 0.717) is 25.7 Å². The number of guanidine groups is 2. The normalized spacial score (nSPS) is 15.4. The van der Waals surface area contributed by atoms with Crippen molar-refractivity contribution in [3.05, 3.63) is 0 Å². The number of carbonyl (C=O) groups is 9. The van der Waals surface area contributed by atoms with Gasteiger partial charge in [-0.3, -0.25) is 48.3 Å². The van der Waals surface area contributed by atoms with Gasteiger partial charge in [-0.15, -0.1) is 0 Å². The Morgan fingerprint density at radius 2 is 0.900 bits per heavy atom. The molecule has 22 N–H and O–H groups in total. The maximum atomic E-state index is 14.2. The summed E-state index contributed by atoms with van der Waals surface area (Å²) in [5.74, 6) is -10.8. The van der Waals surface area contributed by atoms with Gasteiger partial charge >= 0.3 is 11.9 Å². The van der Waals surface area contributed by atoms with Gasteiger partial charge in [0.2, 0.25) is 41.4 Å². The molecule has 0 fully saturated rings. The number of hydrogen-bond donors (Lipinski definition) is 16. The summed E-state index contributed by atoms with van der Waals surface area (Å²) in [5, 5.41) is 47.0. The number of aliphatic hydroxyl groups excluding tert-OH is 1. The lowest BCUT2D eigenvalue weighted by Crippen LogP contribution is -2.63. The van der Waals surface area contributed by atoms with Gasteiger partial charge in [0, 0.05) is 19.5 Å². The van der Waals surface area contributed by atoms with E-state index in [1.54, 1.807) is 27.7 Å². The van der Waals surface area contributed by atoms with E-state index in [0.717, 1.165) is 0 Å². The van der Waals surface area contributed by atoms with Crippen molar-refractivity contribution in [2.24, 2.45) is 62.1 Å². The molecule has 400 valence electrons. The van der Waals surface area contributed by atoms with Crippen LogP contribution in [0.25, 0.3) is 0 Å². The Morgan fingerprint density at radius 1 is 0.500 bits per heavy atom.